The highest BCUT2D eigenvalue weighted by atomic mass is 32.2. The summed E-state index contributed by atoms with van der Waals surface area (Å²) in [5.41, 5.74) is 1.24. The Balaban J connectivity index is 1.71. The van der Waals surface area contributed by atoms with Gasteiger partial charge < -0.3 is 9.67 Å². The number of imidazole rings is 1. The van der Waals surface area contributed by atoms with Crippen molar-refractivity contribution in [2.24, 2.45) is 0 Å². The van der Waals surface area contributed by atoms with Crippen LogP contribution >= 0.6 is 11.8 Å². The van der Waals surface area contributed by atoms with Gasteiger partial charge in [0.05, 0.1) is 6.33 Å². The highest BCUT2D eigenvalue weighted by Crippen LogP contribution is 2.37. The van der Waals surface area contributed by atoms with Crippen LogP contribution in [0.1, 0.15) is 24.6 Å². The number of thioether (sulfide) groups is 1. The van der Waals surface area contributed by atoms with E-state index in [4.69, 9.17) is 0 Å². The zero-order valence-electron chi connectivity index (χ0n) is 9.41. The van der Waals surface area contributed by atoms with E-state index in [1.165, 1.54) is 18.5 Å². The van der Waals surface area contributed by atoms with Crippen molar-refractivity contribution in [3.8, 4) is 5.75 Å². The van der Waals surface area contributed by atoms with E-state index in [1.54, 1.807) is 17.8 Å². The molecule has 1 saturated carbocycles. The summed E-state index contributed by atoms with van der Waals surface area (Å²) in [5.74, 6) is 1.21. The molecule has 0 amide bonds. The minimum atomic E-state index is 0.356. The van der Waals surface area contributed by atoms with Crippen LogP contribution in [0, 0.1) is 0 Å². The lowest BCUT2D eigenvalue weighted by atomic mass is 10.3. The van der Waals surface area contributed by atoms with E-state index in [9.17, 15) is 5.11 Å². The first-order valence-electron chi connectivity index (χ1n) is 5.76. The van der Waals surface area contributed by atoms with Crippen molar-refractivity contribution in [1.82, 2.24) is 9.55 Å². The molecule has 17 heavy (non-hydrogen) atoms. The van der Waals surface area contributed by atoms with E-state index in [2.05, 4.69) is 9.55 Å². The average molecular weight is 246 g/mol. The van der Waals surface area contributed by atoms with Crippen molar-refractivity contribution >= 4 is 11.8 Å². The first-order valence-corrected chi connectivity index (χ1v) is 6.74. The number of para-hydroxylation sites is 1. The van der Waals surface area contributed by atoms with Crippen molar-refractivity contribution in [1.29, 1.82) is 0 Å². The Bertz CT molecular complexity index is 520. The van der Waals surface area contributed by atoms with E-state index >= 15 is 0 Å². The lowest BCUT2D eigenvalue weighted by Crippen LogP contribution is -1.96. The molecule has 88 valence electrons. The Kier molecular flexibility index (Phi) is 2.81. The first kappa shape index (κ1) is 10.7. The molecule has 1 fully saturated rings. The molecule has 1 N–H and O–H groups in total. The Morgan fingerprint density at radius 3 is 2.94 bits per heavy atom. The van der Waals surface area contributed by atoms with Gasteiger partial charge >= 0.3 is 0 Å². The van der Waals surface area contributed by atoms with Gasteiger partial charge in [0, 0.05) is 28.6 Å². The second-order valence-electron chi connectivity index (χ2n) is 4.28. The topological polar surface area (TPSA) is 38.1 Å². The predicted octanol–water partition coefficient (Wildman–Crippen LogP) is 3.22. The molecule has 3 rings (SSSR count). The first-order chi connectivity index (χ1) is 8.34. The number of hydrogen-bond acceptors (Lipinski definition) is 3. The summed E-state index contributed by atoms with van der Waals surface area (Å²) in [4.78, 5) is 5.13. The fourth-order valence-electron chi connectivity index (χ4n) is 1.86. The molecule has 3 nitrogen and oxygen atoms in total. The Labute approximate surface area is 104 Å². The summed E-state index contributed by atoms with van der Waals surface area (Å²) in [6.45, 7) is 0. The number of hydrogen-bond donors (Lipinski definition) is 1. The van der Waals surface area contributed by atoms with Crippen LogP contribution in [0.15, 0.2) is 41.7 Å². The highest BCUT2D eigenvalue weighted by Gasteiger charge is 2.25. The van der Waals surface area contributed by atoms with E-state index in [1.807, 2.05) is 30.7 Å². The van der Waals surface area contributed by atoms with Crippen LogP contribution in [0.3, 0.4) is 0 Å². The molecule has 0 spiro atoms. The molecule has 0 atom stereocenters. The van der Waals surface area contributed by atoms with Crippen LogP contribution in [-0.2, 0) is 5.75 Å². The van der Waals surface area contributed by atoms with Gasteiger partial charge in [0.25, 0.3) is 0 Å². The van der Waals surface area contributed by atoms with Crippen molar-refractivity contribution in [3.63, 3.8) is 0 Å². The molecular formula is C13H14N2OS. The third-order valence-electron chi connectivity index (χ3n) is 2.93. The number of phenols is 1. The Morgan fingerprint density at radius 2 is 2.18 bits per heavy atom. The number of phenolic OH excluding ortho intramolecular Hbond substituents is 1. The van der Waals surface area contributed by atoms with E-state index in [0.29, 0.717) is 11.8 Å². The van der Waals surface area contributed by atoms with Gasteiger partial charge in [-0.3, -0.25) is 0 Å². The van der Waals surface area contributed by atoms with E-state index < -0.39 is 0 Å². The van der Waals surface area contributed by atoms with Crippen LogP contribution in [0.4, 0.5) is 0 Å². The van der Waals surface area contributed by atoms with Gasteiger partial charge in [-0.1, -0.05) is 12.1 Å². The molecule has 0 radical (unpaired) electrons. The van der Waals surface area contributed by atoms with Gasteiger partial charge in [-0.15, -0.1) is 11.8 Å². The predicted molar refractivity (Wildman–Crippen MR) is 68.2 cm³/mol. The molecule has 2 aromatic rings. The lowest BCUT2D eigenvalue weighted by molar-refractivity contribution is 0.462. The maximum Gasteiger partial charge on any atom is 0.129 e. The van der Waals surface area contributed by atoms with Gasteiger partial charge in [-0.2, -0.15) is 0 Å². The van der Waals surface area contributed by atoms with Crippen LogP contribution in [0.5, 0.6) is 5.75 Å². The highest BCUT2D eigenvalue weighted by molar-refractivity contribution is 7.98. The Morgan fingerprint density at radius 1 is 1.35 bits per heavy atom. The maximum atomic E-state index is 9.69. The van der Waals surface area contributed by atoms with E-state index in [-0.39, 0.29) is 0 Å². The summed E-state index contributed by atoms with van der Waals surface area (Å²) < 4.78 is 2.26. The normalized spacial score (nSPS) is 15.1. The summed E-state index contributed by atoms with van der Waals surface area (Å²) in [6, 6.07) is 8.12. The zero-order chi connectivity index (χ0) is 11.7. The molecule has 1 aromatic heterocycles. The third-order valence-corrected chi connectivity index (χ3v) is 4.02. The minimum absolute atomic E-state index is 0.356. The van der Waals surface area contributed by atoms with Crippen molar-refractivity contribution in [2.45, 2.75) is 29.5 Å². The standard InChI is InChI=1S/C13H14N2OS/c16-12-3-1-2-4-13(12)17-8-11-7-14-9-15(11)10-5-6-10/h1-4,7,9-10,16H,5-6,8H2. The lowest BCUT2D eigenvalue weighted by Gasteiger charge is -2.07. The summed E-state index contributed by atoms with van der Waals surface area (Å²) in [6.07, 6.45) is 6.37. The maximum absolute atomic E-state index is 9.69. The number of nitrogens with zero attached hydrogens (tertiary/aromatic N) is 2. The van der Waals surface area contributed by atoms with Crippen LogP contribution in [-0.4, -0.2) is 14.7 Å². The molecule has 0 bridgehead atoms. The third kappa shape index (κ3) is 2.31. The molecule has 0 saturated heterocycles. The molecular weight excluding hydrogens is 232 g/mol. The van der Waals surface area contributed by atoms with Gasteiger partial charge in [0.1, 0.15) is 5.75 Å². The fraction of sp³-hybridized carbons (Fsp3) is 0.308. The molecule has 0 aliphatic heterocycles. The summed E-state index contributed by atoms with van der Waals surface area (Å²) >= 11 is 1.65. The van der Waals surface area contributed by atoms with Gasteiger partial charge in [-0.05, 0) is 25.0 Å². The monoisotopic (exact) mass is 246 g/mol. The van der Waals surface area contributed by atoms with Crippen molar-refractivity contribution < 1.29 is 5.11 Å². The molecule has 0 unspecified atom stereocenters. The van der Waals surface area contributed by atoms with Gasteiger partial charge in [0.2, 0.25) is 0 Å². The molecule has 1 aromatic carbocycles. The summed E-state index contributed by atoms with van der Waals surface area (Å²) in [7, 11) is 0. The number of benzene rings is 1. The van der Waals surface area contributed by atoms with Crippen LogP contribution in [0.25, 0.3) is 0 Å². The van der Waals surface area contributed by atoms with Gasteiger partial charge in [-0.25, -0.2) is 4.98 Å². The van der Waals surface area contributed by atoms with Crippen molar-refractivity contribution in [2.75, 3.05) is 0 Å². The SMILES string of the molecule is Oc1ccccc1SCc1cncn1C1CC1. The second-order valence-corrected chi connectivity index (χ2v) is 5.30. The zero-order valence-corrected chi connectivity index (χ0v) is 10.2. The number of aromatic nitrogens is 2. The molecule has 4 heteroatoms. The minimum Gasteiger partial charge on any atom is -0.507 e. The van der Waals surface area contributed by atoms with Crippen molar-refractivity contribution in [3.05, 3.63) is 42.5 Å². The largest absolute Gasteiger partial charge is 0.507 e. The smallest absolute Gasteiger partial charge is 0.129 e. The second kappa shape index (κ2) is 4.45. The molecule has 1 heterocycles. The molecule has 1 aliphatic rings. The van der Waals surface area contributed by atoms with Gasteiger partial charge in [0.15, 0.2) is 0 Å². The van der Waals surface area contributed by atoms with Crippen LogP contribution in [0.2, 0.25) is 0 Å². The Hall–Kier alpha value is -1.42. The average Bonchev–Trinajstić information content (AvgIpc) is 3.08. The van der Waals surface area contributed by atoms with Crippen LogP contribution < -0.4 is 0 Å². The fourth-order valence-corrected chi connectivity index (χ4v) is 2.77. The summed E-state index contributed by atoms with van der Waals surface area (Å²) in [5, 5.41) is 9.69. The quantitative estimate of drug-likeness (QED) is 0.842. The molecule has 1 aliphatic carbocycles. The van der Waals surface area contributed by atoms with E-state index in [0.717, 1.165) is 10.6 Å². The number of aromatic hydroxyl groups is 1. The number of rotatable bonds is 4.